The van der Waals surface area contributed by atoms with Crippen molar-refractivity contribution >= 4 is 10.8 Å². The van der Waals surface area contributed by atoms with Crippen molar-refractivity contribution < 1.29 is 0 Å². The van der Waals surface area contributed by atoms with Gasteiger partial charge in [0, 0.05) is 50.0 Å². The van der Waals surface area contributed by atoms with Gasteiger partial charge in [0.15, 0.2) is 0 Å². The van der Waals surface area contributed by atoms with Gasteiger partial charge in [-0.2, -0.15) is 0 Å². The highest BCUT2D eigenvalue weighted by atomic mass is 15.2. The maximum absolute atomic E-state index is 6.13. The molecule has 4 heteroatoms. The van der Waals surface area contributed by atoms with E-state index in [1.165, 1.54) is 29.3 Å². The van der Waals surface area contributed by atoms with Crippen molar-refractivity contribution in [2.75, 3.05) is 39.8 Å². The number of aromatic nitrogens is 1. The maximum Gasteiger partial charge on any atom is 0.0492 e. The summed E-state index contributed by atoms with van der Waals surface area (Å²) in [7, 11) is 2.19. The fourth-order valence-electron chi connectivity index (χ4n) is 3.26. The largest absolute Gasteiger partial charge is 0.329 e. The number of fused-ring (bicyclic) bond motifs is 1. The van der Waals surface area contributed by atoms with E-state index in [1.807, 2.05) is 12.4 Å². The third kappa shape index (κ3) is 3.07. The number of hydrogen-bond donors (Lipinski definition) is 1. The zero-order valence-corrected chi connectivity index (χ0v) is 12.7. The smallest absolute Gasteiger partial charge is 0.0492 e. The Hall–Kier alpha value is -1.49. The molecule has 1 aliphatic rings. The predicted octanol–water partition coefficient (Wildman–Crippen LogP) is 1.87. The molecule has 0 spiro atoms. The minimum absolute atomic E-state index is 0.259. The van der Waals surface area contributed by atoms with Crippen LogP contribution >= 0.6 is 0 Å². The number of pyridine rings is 1. The topological polar surface area (TPSA) is 45.4 Å². The summed E-state index contributed by atoms with van der Waals surface area (Å²) in [5.74, 6) is 0. The SMILES string of the molecule is CN1CCCN(C(CN)c2cncc3ccccc23)CC1. The summed E-state index contributed by atoms with van der Waals surface area (Å²) in [6, 6.07) is 8.71. The van der Waals surface area contributed by atoms with Gasteiger partial charge in [-0.25, -0.2) is 0 Å². The van der Waals surface area contributed by atoms with Crippen LogP contribution in [0.1, 0.15) is 18.0 Å². The summed E-state index contributed by atoms with van der Waals surface area (Å²) in [4.78, 5) is 9.34. The molecule has 2 heterocycles. The lowest BCUT2D eigenvalue weighted by molar-refractivity contribution is 0.209. The second kappa shape index (κ2) is 6.52. The summed E-state index contributed by atoms with van der Waals surface area (Å²) < 4.78 is 0. The van der Waals surface area contributed by atoms with Crippen molar-refractivity contribution in [1.29, 1.82) is 0 Å². The Morgan fingerprint density at radius 1 is 1.14 bits per heavy atom. The molecule has 3 rings (SSSR count). The van der Waals surface area contributed by atoms with Gasteiger partial charge in [0.25, 0.3) is 0 Å². The first-order valence-electron chi connectivity index (χ1n) is 7.75. The Labute approximate surface area is 126 Å². The fraction of sp³-hybridized carbons (Fsp3) is 0.471. The second-order valence-corrected chi connectivity index (χ2v) is 5.89. The first-order valence-corrected chi connectivity index (χ1v) is 7.75. The van der Waals surface area contributed by atoms with E-state index in [0.717, 1.165) is 19.6 Å². The molecule has 1 aromatic carbocycles. The summed E-state index contributed by atoms with van der Waals surface area (Å²) in [5.41, 5.74) is 7.39. The van der Waals surface area contributed by atoms with E-state index in [0.29, 0.717) is 6.54 Å². The minimum atomic E-state index is 0.259. The number of benzene rings is 1. The zero-order chi connectivity index (χ0) is 14.7. The van der Waals surface area contributed by atoms with Crippen molar-refractivity contribution in [3.05, 3.63) is 42.2 Å². The van der Waals surface area contributed by atoms with Crippen LogP contribution in [-0.4, -0.2) is 54.6 Å². The van der Waals surface area contributed by atoms with Gasteiger partial charge < -0.3 is 10.6 Å². The molecule has 1 atom stereocenters. The lowest BCUT2D eigenvalue weighted by Crippen LogP contribution is -2.36. The van der Waals surface area contributed by atoms with Crippen LogP contribution in [0.4, 0.5) is 0 Å². The van der Waals surface area contributed by atoms with E-state index in [2.05, 4.69) is 46.1 Å². The number of rotatable bonds is 3. The van der Waals surface area contributed by atoms with Gasteiger partial charge in [0.1, 0.15) is 0 Å². The monoisotopic (exact) mass is 284 g/mol. The Bertz CT molecular complexity index is 593. The normalized spacial score (nSPS) is 19.5. The summed E-state index contributed by atoms with van der Waals surface area (Å²) in [5, 5.41) is 2.47. The van der Waals surface area contributed by atoms with Crippen LogP contribution in [-0.2, 0) is 0 Å². The molecule has 4 nitrogen and oxygen atoms in total. The van der Waals surface area contributed by atoms with Gasteiger partial charge >= 0.3 is 0 Å². The van der Waals surface area contributed by atoms with Gasteiger partial charge in [-0.1, -0.05) is 24.3 Å². The molecule has 21 heavy (non-hydrogen) atoms. The van der Waals surface area contributed by atoms with Crippen LogP contribution in [0.25, 0.3) is 10.8 Å². The van der Waals surface area contributed by atoms with Gasteiger partial charge in [0.2, 0.25) is 0 Å². The van der Waals surface area contributed by atoms with Crippen LogP contribution in [0.15, 0.2) is 36.7 Å². The van der Waals surface area contributed by atoms with Crippen molar-refractivity contribution in [1.82, 2.24) is 14.8 Å². The van der Waals surface area contributed by atoms with Gasteiger partial charge in [-0.05, 0) is 31.0 Å². The quantitative estimate of drug-likeness (QED) is 0.934. The van der Waals surface area contributed by atoms with Crippen LogP contribution in [0.2, 0.25) is 0 Å². The molecular weight excluding hydrogens is 260 g/mol. The molecule has 0 saturated carbocycles. The van der Waals surface area contributed by atoms with Crippen LogP contribution in [0.3, 0.4) is 0 Å². The molecule has 0 bridgehead atoms. The molecular formula is C17H24N4. The Balaban J connectivity index is 1.94. The summed E-state index contributed by atoms with van der Waals surface area (Å²) in [6.07, 6.45) is 5.13. The zero-order valence-electron chi connectivity index (χ0n) is 12.7. The highest BCUT2D eigenvalue weighted by Crippen LogP contribution is 2.27. The molecule has 1 aromatic heterocycles. The van der Waals surface area contributed by atoms with Crippen LogP contribution in [0, 0.1) is 0 Å². The van der Waals surface area contributed by atoms with E-state index < -0.39 is 0 Å². The standard InChI is InChI=1S/C17H24N4/c1-20-7-4-8-21(10-9-20)17(11-18)16-13-19-12-14-5-2-3-6-15(14)16/h2-3,5-6,12-13,17H,4,7-11,18H2,1H3. The number of likely N-dealkylation sites (N-methyl/N-ethyl adjacent to an activating group) is 1. The molecule has 0 amide bonds. The van der Waals surface area contributed by atoms with Gasteiger partial charge in [-0.3, -0.25) is 9.88 Å². The second-order valence-electron chi connectivity index (χ2n) is 5.89. The Morgan fingerprint density at radius 3 is 2.86 bits per heavy atom. The van der Waals surface area contributed by atoms with E-state index in [4.69, 9.17) is 5.73 Å². The molecule has 1 aliphatic heterocycles. The third-order valence-corrected chi connectivity index (χ3v) is 4.48. The molecule has 0 aliphatic carbocycles. The van der Waals surface area contributed by atoms with E-state index in [9.17, 15) is 0 Å². The average molecular weight is 284 g/mol. The minimum Gasteiger partial charge on any atom is -0.329 e. The Morgan fingerprint density at radius 2 is 2.00 bits per heavy atom. The number of nitrogens with two attached hydrogens (primary N) is 1. The van der Waals surface area contributed by atoms with Gasteiger partial charge in [0.05, 0.1) is 0 Å². The molecule has 112 valence electrons. The van der Waals surface area contributed by atoms with Gasteiger partial charge in [-0.15, -0.1) is 0 Å². The summed E-state index contributed by atoms with van der Waals surface area (Å²) in [6.45, 7) is 5.09. The van der Waals surface area contributed by atoms with Crippen LogP contribution < -0.4 is 5.73 Å². The molecule has 2 aromatic rings. The van der Waals surface area contributed by atoms with E-state index in [-0.39, 0.29) is 6.04 Å². The van der Waals surface area contributed by atoms with Crippen molar-refractivity contribution in [3.8, 4) is 0 Å². The molecule has 1 unspecified atom stereocenters. The highest BCUT2D eigenvalue weighted by Gasteiger charge is 2.23. The number of hydrogen-bond acceptors (Lipinski definition) is 4. The predicted molar refractivity (Wildman–Crippen MR) is 87.2 cm³/mol. The molecule has 2 N–H and O–H groups in total. The first-order chi connectivity index (χ1) is 10.3. The lowest BCUT2D eigenvalue weighted by Gasteiger charge is -2.30. The van der Waals surface area contributed by atoms with Crippen molar-refractivity contribution in [2.24, 2.45) is 5.73 Å². The molecule has 1 fully saturated rings. The molecule has 1 saturated heterocycles. The van der Waals surface area contributed by atoms with E-state index in [1.54, 1.807) is 0 Å². The number of nitrogens with zero attached hydrogens (tertiary/aromatic N) is 3. The fourth-order valence-corrected chi connectivity index (χ4v) is 3.26. The lowest BCUT2D eigenvalue weighted by atomic mass is 10.00. The van der Waals surface area contributed by atoms with Crippen LogP contribution in [0.5, 0.6) is 0 Å². The first kappa shape index (κ1) is 14.4. The Kier molecular flexibility index (Phi) is 4.48. The molecule has 0 radical (unpaired) electrons. The maximum atomic E-state index is 6.13. The van der Waals surface area contributed by atoms with Crippen molar-refractivity contribution in [2.45, 2.75) is 12.5 Å². The highest BCUT2D eigenvalue weighted by molar-refractivity contribution is 5.85. The van der Waals surface area contributed by atoms with Crippen molar-refractivity contribution in [3.63, 3.8) is 0 Å². The summed E-state index contributed by atoms with van der Waals surface area (Å²) >= 11 is 0. The average Bonchev–Trinajstić information content (AvgIpc) is 2.73. The third-order valence-electron chi connectivity index (χ3n) is 4.48. The van der Waals surface area contributed by atoms with E-state index >= 15 is 0 Å².